The van der Waals surface area contributed by atoms with E-state index in [1.165, 1.54) is 0 Å². The van der Waals surface area contributed by atoms with Crippen LogP contribution in [0.25, 0.3) is 0 Å². The molecule has 0 bridgehead atoms. The molecule has 116 valence electrons. The van der Waals surface area contributed by atoms with E-state index >= 15 is 0 Å². The van der Waals surface area contributed by atoms with Gasteiger partial charge in [-0.15, -0.1) is 0 Å². The minimum atomic E-state index is -4.62. The summed E-state index contributed by atoms with van der Waals surface area (Å²) in [6.07, 6.45) is -4.62. The van der Waals surface area contributed by atoms with Gasteiger partial charge >= 0.3 is 6.18 Å². The van der Waals surface area contributed by atoms with Crippen LogP contribution in [0.4, 0.5) is 13.2 Å². The molecule has 0 unspecified atom stereocenters. The highest BCUT2D eigenvalue weighted by molar-refractivity contribution is 6.34. The minimum Gasteiger partial charge on any atom is -0.370 e. The van der Waals surface area contributed by atoms with Crippen LogP contribution in [0.1, 0.15) is 42.3 Å². The van der Waals surface area contributed by atoms with Crippen LogP contribution in [-0.2, 0) is 11.6 Å². The molecule has 0 saturated heterocycles. The molecule has 4 nitrogen and oxygen atoms in total. The molecule has 0 spiro atoms. The van der Waals surface area contributed by atoms with E-state index in [0.29, 0.717) is 6.07 Å². The zero-order valence-corrected chi connectivity index (χ0v) is 12.4. The van der Waals surface area contributed by atoms with Crippen LogP contribution in [0.2, 0.25) is 5.02 Å². The summed E-state index contributed by atoms with van der Waals surface area (Å²) >= 11 is 5.90. The molecule has 1 aromatic carbocycles. The summed E-state index contributed by atoms with van der Waals surface area (Å²) in [5.41, 5.74) is 7.94. The maximum Gasteiger partial charge on any atom is 0.416 e. The smallest absolute Gasteiger partial charge is 0.370 e. The predicted octanol–water partition coefficient (Wildman–Crippen LogP) is 3.07. The number of benzene rings is 1. The third-order valence-electron chi connectivity index (χ3n) is 2.68. The molecular formula is C13H15ClF3N3O. The van der Waals surface area contributed by atoms with Crippen molar-refractivity contribution < 1.29 is 18.0 Å². The van der Waals surface area contributed by atoms with Crippen LogP contribution in [0.3, 0.4) is 0 Å². The lowest BCUT2D eigenvalue weighted by atomic mass is 9.82. The van der Waals surface area contributed by atoms with Gasteiger partial charge in [-0.2, -0.15) is 18.2 Å². The van der Waals surface area contributed by atoms with Crippen molar-refractivity contribution in [3.05, 3.63) is 33.8 Å². The highest BCUT2D eigenvalue weighted by Gasteiger charge is 2.37. The third kappa shape index (κ3) is 4.10. The van der Waals surface area contributed by atoms with E-state index in [2.05, 4.69) is 4.99 Å². The topological polar surface area (TPSA) is 81.5 Å². The quantitative estimate of drug-likeness (QED) is 0.616. The zero-order chi connectivity index (χ0) is 16.6. The molecule has 1 amide bonds. The average molecular weight is 322 g/mol. The van der Waals surface area contributed by atoms with E-state index in [-0.39, 0.29) is 10.6 Å². The molecular weight excluding hydrogens is 307 g/mol. The molecule has 0 fully saturated rings. The first kappa shape index (κ1) is 17.3. The molecule has 4 N–H and O–H groups in total. The van der Waals surface area contributed by atoms with Crippen LogP contribution >= 0.6 is 11.6 Å². The normalized spacial score (nSPS) is 12.1. The van der Waals surface area contributed by atoms with Crippen molar-refractivity contribution >= 4 is 23.5 Å². The Kier molecular flexibility index (Phi) is 4.57. The first-order valence-corrected chi connectivity index (χ1v) is 6.27. The highest BCUT2D eigenvalue weighted by Crippen LogP contribution is 2.40. The van der Waals surface area contributed by atoms with Gasteiger partial charge in [0.1, 0.15) is 0 Å². The lowest BCUT2D eigenvalue weighted by Gasteiger charge is -2.25. The second-order valence-corrected chi connectivity index (χ2v) is 5.87. The number of carbonyl (C=O) groups excluding carboxylic acids is 1. The van der Waals surface area contributed by atoms with E-state index in [1.807, 2.05) is 0 Å². The van der Waals surface area contributed by atoms with E-state index in [0.717, 1.165) is 6.07 Å². The maximum atomic E-state index is 13.2. The van der Waals surface area contributed by atoms with Crippen LogP contribution in [0, 0.1) is 0 Å². The van der Waals surface area contributed by atoms with Crippen molar-refractivity contribution in [2.45, 2.75) is 32.4 Å². The molecule has 0 aliphatic carbocycles. The van der Waals surface area contributed by atoms with Gasteiger partial charge in [-0.25, -0.2) is 0 Å². The van der Waals surface area contributed by atoms with Gasteiger partial charge in [-0.1, -0.05) is 32.4 Å². The van der Waals surface area contributed by atoms with Gasteiger partial charge in [0.05, 0.1) is 16.1 Å². The summed E-state index contributed by atoms with van der Waals surface area (Å²) < 4.78 is 39.5. The molecule has 1 aromatic rings. The second-order valence-electron chi connectivity index (χ2n) is 5.47. The average Bonchev–Trinajstić information content (AvgIpc) is 2.24. The Labute approximate surface area is 125 Å². The lowest BCUT2D eigenvalue weighted by Crippen LogP contribution is -2.25. The summed E-state index contributed by atoms with van der Waals surface area (Å²) in [6, 6.07) is 1.80. The van der Waals surface area contributed by atoms with Gasteiger partial charge in [-0.05, 0) is 23.1 Å². The number of rotatable bonds is 1. The van der Waals surface area contributed by atoms with Crippen LogP contribution < -0.4 is 11.5 Å². The molecule has 0 aliphatic heterocycles. The first-order valence-electron chi connectivity index (χ1n) is 5.89. The van der Waals surface area contributed by atoms with Gasteiger partial charge in [0.2, 0.25) is 0 Å². The standard InChI is InChI=1S/C13H15ClF3N3O/c1-12(2,3)7-5-9(14)6(10(21)20-11(18)19)4-8(7)13(15,16)17/h4-5H,1-3H3,(H4,18,19,20,21). The van der Waals surface area contributed by atoms with Gasteiger partial charge in [-0.3, -0.25) is 4.79 Å². The molecule has 0 saturated carbocycles. The summed E-state index contributed by atoms with van der Waals surface area (Å²) in [5.74, 6) is -1.57. The first-order chi connectivity index (χ1) is 9.34. The number of aliphatic imine (C=N–C) groups is 1. The number of guanidine groups is 1. The number of hydrogen-bond acceptors (Lipinski definition) is 1. The molecule has 1 rings (SSSR count). The van der Waals surface area contributed by atoms with Crippen LogP contribution in [0.15, 0.2) is 17.1 Å². The SMILES string of the molecule is CC(C)(C)c1cc(Cl)c(C(=O)N=C(N)N)cc1C(F)(F)F. The molecule has 0 aromatic heterocycles. The second kappa shape index (κ2) is 5.55. The Balaban J connectivity index is 3.61. The van der Waals surface area contributed by atoms with Gasteiger partial charge in [0.25, 0.3) is 5.91 Å². The number of nitrogens with two attached hydrogens (primary N) is 2. The van der Waals surface area contributed by atoms with Crippen molar-refractivity contribution in [1.82, 2.24) is 0 Å². The summed E-state index contributed by atoms with van der Waals surface area (Å²) in [7, 11) is 0. The van der Waals surface area contributed by atoms with E-state index in [4.69, 9.17) is 23.1 Å². The Hall–Kier alpha value is -1.76. The number of nitrogens with zero attached hydrogens (tertiary/aromatic N) is 1. The maximum absolute atomic E-state index is 13.2. The number of amides is 1. The van der Waals surface area contributed by atoms with Gasteiger partial charge < -0.3 is 11.5 Å². The molecule has 0 heterocycles. The van der Waals surface area contributed by atoms with E-state index in [1.54, 1.807) is 20.8 Å². The van der Waals surface area contributed by atoms with Crippen molar-refractivity contribution in [1.29, 1.82) is 0 Å². The van der Waals surface area contributed by atoms with Crippen molar-refractivity contribution in [3.63, 3.8) is 0 Å². The number of halogens is 4. The molecule has 0 aliphatic rings. The van der Waals surface area contributed by atoms with Gasteiger partial charge in [0, 0.05) is 0 Å². The fraction of sp³-hybridized carbons (Fsp3) is 0.385. The summed E-state index contributed by atoms with van der Waals surface area (Å²) in [4.78, 5) is 14.9. The van der Waals surface area contributed by atoms with Crippen molar-refractivity contribution in [2.75, 3.05) is 0 Å². The third-order valence-corrected chi connectivity index (χ3v) is 2.99. The van der Waals surface area contributed by atoms with Crippen LogP contribution in [-0.4, -0.2) is 11.9 Å². The number of carbonyl (C=O) groups is 1. The van der Waals surface area contributed by atoms with E-state index in [9.17, 15) is 18.0 Å². The highest BCUT2D eigenvalue weighted by atomic mass is 35.5. The Morgan fingerprint density at radius 2 is 1.67 bits per heavy atom. The fourth-order valence-electron chi connectivity index (χ4n) is 1.77. The molecule has 21 heavy (non-hydrogen) atoms. The Morgan fingerprint density at radius 3 is 2.05 bits per heavy atom. The zero-order valence-electron chi connectivity index (χ0n) is 11.7. The molecule has 0 atom stereocenters. The van der Waals surface area contributed by atoms with Gasteiger partial charge in [0.15, 0.2) is 5.96 Å². The predicted molar refractivity (Wildman–Crippen MR) is 75.3 cm³/mol. The Morgan fingerprint density at radius 1 is 1.14 bits per heavy atom. The number of alkyl halides is 3. The van der Waals surface area contributed by atoms with Crippen molar-refractivity contribution in [2.24, 2.45) is 16.5 Å². The summed E-state index contributed by atoms with van der Waals surface area (Å²) in [5, 5.41) is -0.136. The minimum absolute atomic E-state index is 0.0127. The molecule has 0 radical (unpaired) electrons. The van der Waals surface area contributed by atoms with E-state index < -0.39 is 34.6 Å². The fourth-order valence-corrected chi connectivity index (χ4v) is 2.01. The lowest BCUT2D eigenvalue weighted by molar-refractivity contribution is -0.138. The number of hydrogen-bond donors (Lipinski definition) is 2. The Bertz CT molecular complexity index is 600. The molecule has 8 heteroatoms. The van der Waals surface area contributed by atoms with Crippen LogP contribution in [0.5, 0.6) is 0 Å². The van der Waals surface area contributed by atoms with Crippen molar-refractivity contribution in [3.8, 4) is 0 Å². The summed E-state index contributed by atoms with van der Waals surface area (Å²) in [6.45, 7) is 4.85. The largest absolute Gasteiger partial charge is 0.416 e. The monoisotopic (exact) mass is 321 g/mol.